The number of carbonyl (C=O) groups is 2. The number of anilines is 1. The monoisotopic (exact) mass is 537 g/mol. The Balaban J connectivity index is 2.01. The number of sulfonamides is 1. The van der Waals surface area contributed by atoms with Gasteiger partial charge >= 0.3 is 6.09 Å². The minimum atomic E-state index is -3.56. The van der Waals surface area contributed by atoms with Crippen molar-refractivity contribution < 1.29 is 31.5 Å². The van der Waals surface area contributed by atoms with Crippen molar-refractivity contribution in [3.8, 4) is 0 Å². The Hall–Kier alpha value is -3.21. The number of piperazine rings is 1. The summed E-state index contributed by atoms with van der Waals surface area (Å²) in [6.45, 7) is 11.8. The molecule has 2 aliphatic rings. The molecule has 0 spiro atoms. The molecule has 0 unspecified atom stereocenters. The van der Waals surface area contributed by atoms with Gasteiger partial charge in [0.15, 0.2) is 0 Å². The van der Waals surface area contributed by atoms with Crippen molar-refractivity contribution in [3.63, 3.8) is 0 Å². The summed E-state index contributed by atoms with van der Waals surface area (Å²) in [4.78, 5) is 27.9. The molecule has 0 bridgehead atoms. The summed E-state index contributed by atoms with van der Waals surface area (Å²) in [5, 5.41) is 0. The molecule has 0 saturated carbocycles. The Kier molecular flexibility index (Phi) is 8.16. The highest BCUT2D eigenvalue weighted by molar-refractivity contribution is 7.93. The van der Waals surface area contributed by atoms with Gasteiger partial charge in [0.1, 0.15) is 0 Å². The first kappa shape index (κ1) is 28.4. The SMILES string of the molecule is C=C1/C(=C\C=C\c2cc(N3CCCS3(=O)=O)cc(C(C)(F)F)c2)N(C(C)=O)[C@@H](C)CN1C(=O)OC(C)C. The van der Waals surface area contributed by atoms with Crippen LogP contribution in [-0.2, 0) is 25.5 Å². The average Bonchev–Trinajstić information content (AvgIpc) is 3.13. The van der Waals surface area contributed by atoms with Crippen LogP contribution < -0.4 is 4.31 Å². The van der Waals surface area contributed by atoms with E-state index in [1.807, 2.05) is 0 Å². The van der Waals surface area contributed by atoms with Crippen molar-refractivity contribution in [1.82, 2.24) is 9.80 Å². The van der Waals surface area contributed by atoms with E-state index in [1.165, 1.54) is 41.0 Å². The van der Waals surface area contributed by atoms with E-state index in [4.69, 9.17) is 4.74 Å². The van der Waals surface area contributed by atoms with Crippen LogP contribution in [0.1, 0.15) is 52.2 Å². The van der Waals surface area contributed by atoms with E-state index in [1.54, 1.807) is 32.9 Å². The molecule has 1 aromatic rings. The lowest BCUT2D eigenvalue weighted by molar-refractivity contribution is -0.129. The van der Waals surface area contributed by atoms with Crippen molar-refractivity contribution >= 4 is 33.8 Å². The van der Waals surface area contributed by atoms with Gasteiger partial charge in [0, 0.05) is 32.5 Å². The van der Waals surface area contributed by atoms with Crippen molar-refractivity contribution in [2.45, 2.75) is 59.1 Å². The molecule has 1 atom stereocenters. The molecule has 3 rings (SSSR count). The summed E-state index contributed by atoms with van der Waals surface area (Å²) in [7, 11) is -3.56. The molecule has 0 N–H and O–H groups in total. The maximum absolute atomic E-state index is 14.2. The second kappa shape index (κ2) is 10.6. The molecular weight excluding hydrogens is 504 g/mol. The zero-order valence-corrected chi connectivity index (χ0v) is 22.5. The van der Waals surface area contributed by atoms with Crippen LogP contribution in [0, 0.1) is 0 Å². The Morgan fingerprint density at radius 3 is 2.46 bits per heavy atom. The van der Waals surface area contributed by atoms with Crippen LogP contribution in [0.3, 0.4) is 0 Å². The Morgan fingerprint density at radius 1 is 1.24 bits per heavy atom. The lowest BCUT2D eigenvalue weighted by Gasteiger charge is -2.42. The molecule has 2 saturated heterocycles. The molecule has 0 aromatic heterocycles. The van der Waals surface area contributed by atoms with Crippen LogP contribution in [0.4, 0.5) is 19.3 Å². The van der Waals surface area contributed by atoms with Crippen LogP contribution in [0.2, 0.25) is 0 Å². The highest BCUT2D eigenvalue weighted by Crippen LogP contribution is 2.34. The van der Waals surface area contributed by atoms with Gasteiger partial charge in [-0.05, 0) is 57.0 Å². The van der Waals surface area contributed by atoms with Gasteiger partial charge in [-0.3, -0.25) is 14.0 Å². The second-order valence-electron chi connectivity index (χ2n) is 9.58. The van der Waals surface area contributed by atoms with Gasteiger partial charge in [-0.1, -0.05) is 18.7 Å². The number of halogens is 2. The molecule has 2 fully saturated rings. The first-order valence-electron chi connectivity index (χ1n) is 12.0. The Morgan fingerprint density at radius 2 is 1.92 bits per heavy atom. The second-order valence-corrected chi connectivity index (χ2v) is 11.6. The normalized spacial score (nSPS) is 21.4. The van der Waals surface area contributed by atoms with E-state index in [9.17, 15) is 26.8 Å². The molecule has 2 aliphatic heterocycles. The quantitative estimate of drug-likeness (QED) is 0.536. The number of hydrogen-bond donors (Lipinski definition) is 0. The Labute approximate surface area is 216 Å². The van der Waals surface area contributed by atoms with Crippen LogP contribution >= 0.6 is 0 Å². The van der Waals surface area contributed by atoms with Gasteiger partial charge in [0.2, 0.25) is 15.9 Å². The number of benzene rings is 1. The van der Waals surface area contributed by atoms with Gasteiger partial charge in [-0.15, -0.1) is 0 Å². The zero-order valence-electron chi connectivity index (χ0n) is 21.7. The van der Waals surface area contributed by atoms with Crippen molar-refractivity contribution in [2.75, 3.05) is 23.1 Å². The van der Waals surface area contributed by atoms with E-state index in [-0.39, 0.29) is 53.8 Å². The number of amides is 2. The molecule has 0 aliphatic carbocycles. The van der Waals surface area contributed by atoms with Crippen molar-refractivity contribution in [3.05, 3.63) is 59.5 Å². The first-order chi connectivity index (χ1) is 17.1. The van der Waals surface area contributed by atoms with Gasteiger partial charge < -0.3 is 9.64 Å². The number of ether oxygens (including phenoxy) is 1. The highest BCUT2D eigenvalue weighted by Gasteiger charge is 2.36. The van der Waals surface area contributed by atoms with Gasteiger partial charge in [0.05, 0.1) is 35.0 Å². The number of carbonyl (C=O) groups excluding carboxylic acids is 2. The maximum atomic E-state index is 14.2. The van der Waals surface area contributed by atoms with Gasteiger partial charge in [0.25, 0.3) is 5.92 Å². The van der Waals surface area contributed by atoms with E-state index < -0.39 is 22.0 Å². The van der Waals surface area contributed by atoms with Crippen LogP contribution in [0.15, 0.2) is 48.3 Å². The van der Waals surface area contributed by atoms with E-state index >= 15 is 0 Å². The lowest BCUT2D eigenvalue weighted by Crippen LogP contribution is -2.52. The predicted octanol–water partition coefficient (Wildman–Crippen LogP) is 4.85. The molecule has 202 valence electrons. The molecular formula is C26H33F2N3O5S. The molecule has 8 nitrogen and oxygen atoms in total. The standard InChI is InChI=1S/C26H33F2N3O5S/c1-17(2)36-25(33)29-16-18(3)31(20(5)32)24(19(29)4)10-7-9-21-13-22(26(6,27)28)15-23(14-21)30-11-8-12-37(30,34)35/h7,9-10,13-15,17-18H,4,8,11-12,16H2,1-3,5-6H3/b9-7+,24-10+/t18-/m0/s1. The number of hydrogen-bond acceptors (Lipinski definition) is 5. The molecule has 11 heteroatoms. The number of nitrogens with zero attached hydrogens (tertiary/aromatic N) is 3. The van der Waals surface area contributed by atoms with Crippen LogP contribution in [-0.4, -0.2) is 61.2 Å². The van der Waals surface area contributed by atoms with E-state index in [0.29, 0.717) is 17.7 Å². The lowest BCUT2D eigenvalue weighted by atomic mass is 10.0. The topological polar surface area (TPSA) is 87.2 Å². The molecule has 1 aromatic carbocycles. The summed E-state index contributed by atoms with van der Waals surface area (Å²) in [5.41, 5.74) is 0.840. The van der Waals surface area contributed by atoms with Gasteiger partial charge in [-0.2, -0.15) is 0 Å². The number of allylic oxidation sites excluding steroid dienone is 2. The predicted molar refractivity (Wildman–Crippen MR) is 138 cm³/mol. The van der Waals surface area contributed by atoms with Crippen molar-refractivity contribution in [2.24, 2.45) is 0 Å². The highest BCUT2D eigenvalue weighted by atomic mass is 32.2. The summed E-state index contributed by atoms with van der Waals surface area (Å²) in [6.07, 6.45) is 4.15. The minimum Gasteiger partial charge on any atom is -0.446 e. The summed E-state index contributed by atoms with van der Waals surface area (Å²) in [5.74, 6) is -3.47. The third-order valence-corrected chi connectivity index (χ3v) is 7.91. The molecule has 2 amide bonds. The zero-order chi connectivity index (χ0) is 27.7. The molecule has 37 heavy (non-hydrogen) atoms. The number of alkyl halides is 2. The van der Waals surface area contributed by atoms with E-state index in [0.717, 1.165) is 11.2 Å². The Bertz CT molecular complexity index is 1250. The minimum absolute atomic E-state index is 0.0338. The third-order valence-electron chi connectivity index (χ3n) is 6.04. The summed E-state index contributed by atoms with van der Waals surface area (Å²) < 4.78 is 59.7. The van der Waals surface area contributed by atoms with Crippen molar-refractivity contribution in [1.29, 1.82) is 0 Å². The number of rotatable bonds is 5. The van der Waals surface area contributed by atoms with Gasteiger partial charge in [-0.25, -0.2) is 22.0 Å². The van der Waals surface area contributed by atoms with Crippen LogP contribution in [0.5, 0.6) is 0 Å². The summed E-state index contributed by atoms with van der Waals surface area (Å²) >= 11 is 0. The smallest absolute Gasteiger partial charge is 0.414 e. The fraction of sp³-hybridized carbons (Fsp3) is 0.462. The molecule has 2 heterocycles. The largest absolute Gasteiger partial charge is 0.446 e. The summed E-state index contributed by atoms with van der Waals surface area (Å²) in [6, 6.07) is 3.64. The first-order valence-corrected chi connectivity index (χ1v) is 13.6. The van der Waals surface area contributed by atoms with Crippen LogP contribution in [0.25, 0.3) is 6.08 Å². The maximum Gasteiger partial charge on any atom is 0.414 e. The van der Waals surface area contributed by atoms with E-state index in [2.05, 4.69) is 6.58 Å². The third kappa shape index (κ3) is 6.38. The fourth-order valence-electron chi connectivity index (χ4n) is 4.39. The average molecular weight is 538 g/mol. The fourth-order valence-corrected chi connectivity index (χ4v) is 5.93. The molecule has 0 radical (unpaired) electrons.